The van der Waals surface area contributed by atoms with Crippen LogP contribution in [0.25, 0.3) is 0 Å². The number of anilines is 1. The fourth-order valence-electron chi connectivity index (χ4n) is 1.05. The van der Waals surface area contributed by atoms with Crippen molar-refractivity contribution in [3.05, 3.63) is 29.8 Å². The summed E-state index contributed by atoms with van der Waals surface area (Å²) in [6, 6.07) is 6.70. The molecular formula is C9H12N2O2. The van der Waals surface area contributed by atoms with Crippen molar-refractivity contribution in [2.45, 2.75) is 12.6 Å². The van der Waals surface area contributed by atoms with Crippen molar-refractivity contribution in [3.63, 3.8) is 0 Å². The van der Waals surface area contributed by atoms with Gasteiger partial charge in [0.25, 0.3) is 0 Å². The molecule has 0 amide bonds. The van der Waals surface area contributed by atoms with Crippen molar-refractivity contribution >= 4 is 11.5 Å². The van der Waals surface area contributed by atoms with Gasteiger partial charge in [0, 0.05) is 11.3 Å². The largest absolute Gasteiger partial charge is 0.398 e. The molecule has 5 N–H and O–H groups in total. The monoisotopic (exact) mass is 180 g/mol. The minimum atomic E-state index is -1.12. The van der Waals surface area contributed by atoms with Crippen molar-refractivity contribution in [2.24, 2.45) is 5.73 Å². The highest BCUT2D eigenvalue weighted by atomic mass is 16.3. The zero-order valence-electron chi connectivity index (χ0n) is 7.10. The van der Waals surface area contributed by atoms with Crippen molar-refractivity contribution in [3.8, 4) is 0 Å². The van der Waals surface area contributed by atoms with Gasteiger partial charge in [0.15, 0.2) is 5.78 Å². The predicted molar refractivity (Wildman–Crippen MR) is 50.0 cm³/mol. The summed E-state index contributed by atoms with van der Waals surface area (Å²) < 4.78 is 0. The number of nitrogens with two attached hydrogens (primary N) is 2. The number of carbonyl (C=O) groups excluding carboxylic acids is 1. The van der Waals surface area contributed by atoms with Gasteiger partial charge in [-0.05, 0) is 12.1 Å². The molecule has 70 valence electrons. The highest BCUT2D eigenvalue weighted by molar-refractivity contribution is 6.00. The van der Waals surface area contributed by atoms with Crippen LogP contribution in [0.5, 0.6) is 0 Å². The highest BCUT2D eigenvalue weighted by Gasteiger charge is 2.11. The zero-order valence-corrected chi connectivity index (χ0v) is 7.10. The Hall–Kier alpha value is -1.39. The van der Waals surface area contributed by atoms with Gasteiger partial charge >= 0.3 is 0 Å². The SMILES string of the molecule is Nc1ccccc1C(=O)CC(N)O. The number of carbonyl (C=O) groups is 1. The first-order valence-electron chi connectivity index (χ1n) is 3.92. The molecule has 1 aromatic rings. The number of hydrogen-bond donors (Lipinski definition) is 3. The van der Waals surface area contributed by atoms with E-state index < -0.39 is 6.23 Å². The molecule has 0 aliphatic rings. The van der Waals surface area contributed by atoms with Crippen LogP contribution in [-0.2, 0) is 0 Å². The lowest BCUT2D eigenvalue weighted by atomic mass is 10.1. The van der Waals surface area contributed by atoms with Crippen molar-refractivity contribution in [1.29, 1.82) is 0 Å². The first-order valence-corrected chi connectivity index (χ1v) is 3.92. The lowest BCUT2D eigenvalue weighted by Crippen LogP contribution is -2.23. The standard InChI is InChI=1S/C9H12N2O2/c10-7-4-2-1-3-6(7)8(12)5-9(11)13/h1-4,9,13H,5,10-11H2. The summed E-state index contributed by atoms with van der Waals surface area (Å²) in [4.78, 5) is 11.4. The summed E-state index contributed by atoms with van der Waals surface area (Å²) in [5, 5.41) is 8.79. The molecule has 0 heterocycles. The average Bonchev–Trinajstić information content (AvgIpc) is 2.03. The van der Waals surface area contributed by atoms with E-state index in [1.54, 1.807) is 24.3 Å². The molecule has 0 bridgehead atoms. The fourth-order valence-corrected chi connectivity index (χ4v) is 1.05. The van der Waals surface area contributed by atoms with Gasteiger partial charge in [0.2, 0.25) is 0 Å². The molecule has 0 aromatic heterocycles. The maximum absolute atomic E-state index is 11.4. The summed E-state index contributed by atoms with van der Waals surface area (Å²) in [6.07, 6.45) is -1.22. The first-order chi connectivity index (χ1) is 6.11. The van der Waals surface area contributed by atoms with E-state index in [0.29, 0.717) is 11.3 Å². The van der Waals surface area contributed by atoms with Gasteiger partial charge in [-0.25, -0.2) is 0 Å². The van der Waals surface area contributed by atoms with Crippen molar-refractivity contribution in [1.82, 2.24) is 0 Å². The molecule has 0 radical (unpaired) electrons. The summed E-state index contributed by atoms with van der Waals surface area (Å²) in [6.45, 7) is 0. The quantitative estimate of drug-likeness (QED) is 0.350. The lowest BCUT2D eigenvalue weighted by molar-refractivity contribution is 0.0890. The molecule has 4 heteroatoms. The van der Waals surface area contributed by atoms with Crippen molar-refractivity contribution < 1.29 is 9.90 Å². The Bertz CT molecular complexity index is 310. The van der Waals surface area contributed by atoms with Gasteiger partial charge < -0.3 is 16.6 Å². The molecule has 1 unspecified atom stereocenters. The molecule has 13 heavy (non-hydrogen) atoms. The Labute approximate surface area is 76.2 Å². The molecule has 0 aliphatic heterocycles. The van der Waals surface area contributed by atoms with Crippen LogP contribution < -0.4 is 11.5 Å². The number of hydrogen-bond acceptors (Lipinski definition) is 4. The number of nitrogen functional groups attached to an aromatic ring is 1. The maximum Gasteiger partial charge on any atom is 0.168 e. The smallest absolute Gasteiger partial charge is 0.168 e. The molecule has 4 nitrogen and oxygen atoms in total. The molecule has 1 aromatic carbocycles. The molecule has 0 aliphatic carbocycles. The predicted octanol–water partition coefficient (Wildman–Crippen LogP) is 0.119. The molecule has 0 saturated heterocycles. The molecule has 0 spiro atoms. The second kappa shape index (κ2) is 4.02. The second-order valence-electron chi connectivity index (χ2n) is 2.78. The number of rotatable bonds is 3. The van der Waals surface area contributed by atoms with Crippen LogP contribution in [0.15, 0.2) is 24.3 Å². The van der Waals surface area contributed by atoms with Crippen LogP contribution in [0.2, 0.25) is 0 Å². The van der Waals surface area contributed by atoms with Gasteiger partial charge in [-0.15, -0.1) is 0 Å². The number of aliphatic hydroxyl groups is 1. The number of ketones is 1. The topological polar surface area (TPSA) is 89.3 Å². The van der Waals surface area contributed by atoms with Crippen LogP contribution in [0.3, 0.4) is 0 Å². The Kier molecular flexibility index (Phi) is 3.00. The van der Waals surface area contributed by atoms with Gasteiger partial charge in [-0.1, -0.05) is 12.1 Å². The number of para-hydroxylation sites is 1. The van der Waals surface area contributed by atoms with Crippen LogP contribution in [0.4, 0.5) is 5.69 Å². The normalized spacial score (nSPS) is 12.5. The van der Waals surface area contributed by atoms with E-state index in [0.717, 1.165) is 0 Å². The lowest BCUT2D eigenvalue weighted by Gasteiger charge is -2.05. The Morgan fingerprint density at radius 3 is 2.62 bits per heavy atom. The molecule has 1 rings (SSSR count). The summed E-state index contributed by atoms with van der Waals surface area (Å²) >= 11 is 0. The Balaban J connectivity index is 2.83. The zero-order chi connectivity index (χ0) is 9.84. The summed E-state index contributed by atoms with van der Waals surface area (Å²) in [7, 11) is 0. The minimum absolute atomic E-state index is 0.103. The van der Waals surface area contributed by atoms with E-state index in [-0.39, 0.29) is 12.2 Å². The minimum Gasteiger partial charge on any atom is -0.398 e. The van der Waals surface area contributed by atoms with E-state index >= 15 is 0 Å². The van der Waals surface area contributed by atoms with E-state index in [1.165, 1.54) is 0 Å². The highest BCUT2D eigenvalue weighted by Crippen LogP contribution is 2.12. The molecule has 0 fully saturated rings. The van der Waals surface area contributed by atoms with E-state index in [1.807, 2.05) is 0 Å². The summed E-state index contributed by atoms with van der Waals surface area (Å²) in [5.41, 5.74) is 11.4. The Morgan fingerprint density at radius 1 is 1.46 bits per heavy atom. The van der Waals surface area contributed by atoms with Gasteiger partial charge in [0.1, 0.15) is 6.23 Å². The summed E-state index contributed by atoms with van der Waals surface area (Å²) in [5.74, 6) is -0.242. The van der Waals surface area contributed by atoms with Gasteiger partial charge in [-0.3, -0.25) is 4.79 Å². The third-order valence-corrected chi connectivity index (χ3v) is 1.66. The first kappa shape index (κ1) is 9.70. The van der Waals surface area contributed by atoms with Gasteiger partial charge in [0.05, 0.1) is 6.42 Å². The maximum atomic E-state index is 11.4. The number of aliphatic hydroxyl groups excluding tert-OH is 1. The van der Waals surface area contributed by atoms with Crippen LogP contribution >= 0.6 is 0 Å². The van der Waals surface area contributed by atoms with Crippen LogP contribution in [0.1, 0.15) is 16.8 Å². The van der Waals surface area contributed by atoms with E-state index in [9.17, 15) is 4.79 Å². The van der Waals surface area contributed by atoms with Crippen LogP contribution in [0, 0.1) is 0 Å². The third-order valence-electron chi connectivity index (χ3n) is 1.66. The number of Topliss-reactive ketones (excluding diaryl/α,β-unsaturated/α-hetero) is 1. The van der Waals surface area contributed by atoms with E-state index in [4.69, 9.17) is 16.6 Å². The second-order valence-corrected chi connectivity index (χ2v) is 2.78. The molecule has 1 atom stereocenters. The van der Waals surface area contributed by atoms with Crippen LogP contribution in [-0.4, -0.2) is 17.1 Å². The average molecular weight is 180 g/mol. The van der Waals surface area contributed by atoms with E-state index in [2.05, 4.69) is 0 Å². The fraction of sp³-hybridized carbons (Fsp3) is 0.222. The Morgan fingerprint density at radius 2 is 2.08 bits per heavy atom. The van der Waals surface area contributed by atoms with Crippen molar-refractivity contribution in [2.75, 3.05) is 5.73 Å². The van der Waals surface area contributed by atoms with Gasteiger partial charge in [-0.2, -0.15) is 0 Å². The molecule has 0 saturated carbocycles. The number of benzene rings is 1. The molecular weight excluding hydrogens is 168 g/mol. The third kappa shape index (κ3) is 2.54.